The highest BCUT2D eigenvalue weighted by molar-refractivity contribution is 7.21. The van der Waals surface area contributed by atoms with Crippen LogP contribution in [-0.2, 0) is 12.8 Å². The number of thiophene rings is 1. The molecule has 0 radical (unpaired) electrons. The number of aromatic nitrogens is 2. The summed E-state index contributed by atoms with van der Waals surface area (Å²) in [6.45, 7) is 3.99. The molecule has 1 aliphatic carbocycles. The number of fused-ring (bicyclic) bond motifs is 2. The lowest BCUT2D eigenvalue weighted by Gasteiger charge is -2.25. The number of anilines is 1. The molecule has 1 atom stereocenters. The van der Waals surface area contributed by atoms with E-state index in [1.807, 2.05) is 6.92 Å². The molecule has 0 aliphatic heterocycles. The predicted molar refractivity (Wildman–Crippen MR) is 101 cm³/mol. The minimum absolute atomic E-state index is 0.125. The second-order valence-corrected chi connectivity index (χ2v) is 7.69. The summed E-state index contributed by atoms with van der Waals surface area (Å²) in [4.78, 5) is 22.7. The summed E-state index contributed by atoms with van der Waals surface area (Å²) in [5.74, 6) is -0.125. The third-order valence-corrected chi connectivity index (χ3v) is 5.78. The van der Waals surface area contributed by atoms with Crippen molar-refractivity contribution < 1.29 is 4.79 Å². The highest BCUT2D eigenvalue weighted by atomic mass is 32.1. The van der Waals surface area contributed by atoms with Crippen molar-refractivity contribution in [2.75, 3.05) is 5.73 Å². The molecule has 1 aliphatic rings. The van der Waals surface area contributed by atoms with Crippen molar-refractivity contribution in [3.63, 3.8) is 0 Å². The topological polar surface area (TPSA) is 80.9 Å². The summed E-state index contributed by atoms with van der Waals surface area (Å²) in [5, 5.41) is 3.14. The molecule has 3 N–H and O–H groups in total. The van der Waals surface area contributed by atoms with Crippen LogP contribution in [0, 0.1) is 13.8 Å². The zero-order valence-corrected chi connectivity index (χ0v) is 15.1. The molecule has 2 heterocycles. The van der Waals surface area contributed by atoms with Gasteiger partial charge < -0.3 is 11.1 Å². The molecular weight excluding hydrogens is 332 g/mol. The van der Waals surface area contributed by atoms with E-state index >= 15 is 0 Å². The molecule has 2 aromatic heterocycles. The minimum atomic E-state index is -0.125. The maximum absolute atomic E-state index is 12.7. The molecule has 0 bridgehead atoms. The van der Waals surface area contributed by atoms with Crippen molar-refractivity contribution in [2.24, 2.45) is 0 Å². The van der Waals surface area contributed by atoms with Gasteiger partial charge in [0, 0.05) is 12.2 Å². The van der Waals surface area contributed by atoms with Gasteiger partial charge in [0.25, 0.3) is 5.91 Å². The largest absolute Gasteiger partial charge is 0.396 e. The van der Waals surface area contributed by atoms with Gasteiger partial charge in [-0.2, -0.15) is 0 Å². The van der Waals surface area contributed by atoms with Crippen molar-refractivity contribution in [3.05, 3.63) is 51.7 Å². The average Bonchev–Trinajstić information content (AvgIpc) is 2.91. The van der Waals surface area contributed by atoms with Crippen molar-refractivity contribution in [1.29, 1.82) is 0 Å². The Balaban J connectivity index is 1.55. The average molecular weight is 352 g/mol. The standard InChI is InChI=1S/C19H20N4OS/c1-10-3-4-13-8-14(6-5-12(13)7-10)23-18(24)17-15(20)16-19(25-17)22-11(2)9-21-16/h3-4,7,9,14H,5-6,8,20H2,1-2H3,(H,23,24)/t14-/m0/s1. The van der Waals surface area contributed by atoms with Gasteiger partial charge in [0.1, 0.15) is 15.2 Å². The molecular formula is C19H20N4OS. The number of carbonyl (C=O) groups excluding carboxylic acids is 1. The van der Waals surface area contributed by atoms with Crippen molar-refractivity contribution in [2.45, 2.75) is 39.2 Å². The van der Waals surface area contributed by atoms with E-state index in [0.29, 0.717) is 20.9 Å². The van der Waals surface area contributed by atoms with E-state index in [0.717, 1.165) is 25.0 Å². The van der Waals surface area contributed by atoms with Crippen LogP contribution in [0.2, 0.25) is 0 Å². The van der Waals surface area contributed by atoms with Gasteiger partial charge in [-0.3, -0.25) is 4.79 Å². The molecule has 0 fully saturated rings. The lowest BCUT2D eigenvalue weighted by molar-refractivity contribution is 0.0938. The first kappa shape index (κ1) is 16.0. The molecule has 1 aromatic carbocycles. The first-order valence-corrected chi connectivity index (χ1v) is 9.24. The van der Waals surface area contributed by atoms with Gasteiger partial charge in [-0.25, -0.2) is 9.97 Å². The summed E-state index contributed by atoms with van der Waals surface area (Å²) in [7, 11) is 0. The predicted octanol–water partition coefficient (Wildman–Crippen LogP) is 3.18. The lowest BCUT2D eigenvalue weighted by atomic mass is 9.87. The Morgan fingerprint density at radius 3 is 3.00 bits per heavy atom. The van der Waals surface area contributed by atoms with Crippen LogP contribution in [0.25, 0.3) is 10.3 Å². The van der Waals surface area contributed by atoms with Crippen LogP contribution in [0.15, 0.2) is 24.4 Å². The molecule has 1 amide bonds. The Labute approximate surface area is 150 Å². The molecule has 0 unspecified atom stereocenters. The van der Waals surface area contributed by atoms with Crippen LogP contribution in [0.4, 0.5) is 5.69 Å². The van der Waals surface area contributed by atoms with E-state index in [9.17, 15) is 4.79 Å². The van der Waals surface area contributed by atoms with Gasteiger partial charge in [-0.05, 0) is 44.2 Å². The third kappa shape index (κ3) is 2.98. The molecule has 0 saturated carbocycles. The Hall–Kier alpha value is -2.47. The normalized spacial score (nSPS) is 16.6. The maximum atomic E-state index is 12.7. The number of hydrogen-bond donors (Lipinski definition) is 2. The molecule has 0 spiro atoms. The smallest absolute Gasteiger partial charge is 0.263 e. The number of rotatable bonds is 2. The maximum Gasteiger partial charge on any atom is 0.263 e. The van der Waals surface area contributed by atoms with E-state index in [4.69, 9.17) is 5.73 Å². The second-order valence-electron chi connectivity index (χ2n) is 6.70. The number of hydrogen-bond acceptors (Lipinski definition) is 5. The summed E-state index contributed by atoms with van der Waals surface area (Å²) in [6.07, 6.45) is 4.48. The third-order valence-electron chi connectivity index (χ3n) is 4.69. The van der Waals surface area contributed by atoms with Crippen LogP contribution in [0.5, 0.6) is 0 Å². The van der Waals surface area contributed by atoms with Crippen LogP contribution < -0.4 is 11.1 Å². The van der Waals surface area contributed by atoms with Gasteiger partial charge in [0.2, 0.25) is 0 Å². The Morgan fingerprint density at radius 2 is 2.16 bits per heavy atom. The van der Waals surface area contributed by atoms with Gasteiger partial charge in [0.05, 0.1) is 11.4 Å². The molecule has 3 aromatic rings. The van der Waals surface area contributed by atoms with Crippen LogP contribution in [0.3, 0.4) is 0 Å². The number of benzene rings is 1. The number of nitrogens with one attached hydrogen (secondary N) is 1. The Kier molecular flexibility index (Phi) is 3.92. The van der Waals surface area contributed by atoms with Crippen molar-refractivity contribution >= 4 is 33.3 Å². The summed E-state index contributed by atoms with van der Waals surface area (Å²) < 4.78 is 0. The molecule has 25 heavy (non-hydrogen) atoms. The summed E-state index contributed by atoms with van der Waals surface area (Å²) in [5.41, 5.74) is 12.0. The number of amides is 1. The SMILES string of the molecule is Cc1ccc2c(c1)CC[C@H](NC(=O)c1sc3nc(C)cnc3c1N)C2. The number of nitrogens with zero attached hydrogens (tertiary/aromatic N) is 2. The van der Waals surface area contributed by atoms with E-state index < -0.39 is 0 Å². The second kappa shape index (κ2) is 6.11. The van der Waals surface area contributed by atoms with Crippen LogP contribution in [0.1, 0.15) is 38.5 Å². The molecule has 6 heteroatoms. The summed E-state index contributed by atoms with van der Waals surface area (Å²) >= 11 is 1.31. The van der Waals surface area contributed by atoms with E-state index in [2.05, 4.69) is 40.4 Å². The zero-order valence-electron chi connectivity index (χ0n) is 14.3. The Bertz CT molecular complexity index is 979. The fraction of sp³-hybridized carbons (Fsp3) is 0.316. The number of nitrogens with two attached hydrogens (primary N) is 1. The fourth-order valence-electron chi connectivity index (χ4n) is 3.40. The van der Waals surface area contributed by atoms with E-state index in [1.165, 1.54) is 28.0 Å². The van der Waals surface area contributed by atoms with E-state index in [-0.39, 0.29) is 11.9 Å². The number of carbonyl (C=O) groups is 1. The van der Waals surface area contributed by atoms with Crippen molar-refractivity contribution in [3.8, 4) is 0 Å². The highest BCUT2D eigenvalue weighted by Crippen LogP contribution is 2.31. The zero-order chi connectivity index (χ0) is 17.6. The van der Waals surface area contributed by atoms with Gasteiger partial charge in [-0.1, -0.05) is 23.8 Å². The van der Waals surface area contributed by atoms with Crippen LogP contribution in [-0.4, -0.2) is 21.9 Å². The minimum Gasteiger partial charge on any atom is -0.396 e. The first-order valence-electron chi connectivity index (χ1n) is 8.42. The van der Waals surface area contributed by atoms with Crippen molar-refractivity contribution in [1.82, 2.24) is 15.3 Å². The monoisotopic (exact) mass is 352 g/mol. The summed E-state index contributed by atoms with van der Waals surface area (Å²) in [6, 6.07) is 6.69. The number of aryl methyl sites for hydroxylation is 3. The first-order chi connectivity index (χ1) is 12.0. The van der Waals surface area contributed by atoms with Gasteiger partial charge in [0.15, 0.2) is 0 Å². The number of nitrogen functional groups attached to an aromatic ring is 1. The quantitative estimate of drug-likeness (QED) is 0.742. The van der Waals surface area contributed by atoms with Gasteiger partial charge >= 0.3 is 0 Å². The fourth-order valence-corrected chi connectivity index (χ4v) is 4.40. The molecule has 128 valence electrons. The Morgan fingerprint density at radius 1 is 1.32 bits per heavy atom. The molecule has 5 nitrogen and oxygen atoms in total. The highest BCUT2D eigenvalue weighted by Gasteiger charge is 2.24. The molecule has 0 saturated heterocycles. The van der Waals surface area contributed by atoms with Gasteiger partial charge in [-0.15, -0.1) is 11.3 Å². The molecule has 4 rings (SSSR count). The van der Waals surface area contributed by atoms with Crippen LogP contribution >= 0.6 is 11.3 Å². The van der Waals surface area contributed by atoms with E-state index in [1.54, 1.807) is 6.20 Å². The lowest BCUT2D eigenvalue weighted by Crippen LogP contribution is -2.38.